The summed E-state index contributed by atoms with van der Waals surface area (Å²) in [5.74, 6) is -0.0157. The molecule has 0 spiro atoms. The molecule has 13 heteroatoms. The fourth-order valence-electron chi connectivity index (χ4n) is 2.24. The molecule has 0 unspecified atom stereocenters. The van der Waals surface area contributed by atoms with E-state index in [1.54, 1.807) is 20.8 Å². The Kier molecular flexibility index (Phi) is 7.41. The summed E-state index contributed by atoms with van der Waals surface area (Å²) in [6, 6.07) is 4.89. The summed E-state index contributed by atoms with van der Waals surface area (Å²) in [6.45, 7) is 5.55. The number of carbonyl (C=O) groups is 1. The molecule has 4 N–H and O–H groups in total. The molecule has 166 valence electrons. The van der Waals surface area contributed by atoms with E-state index < -0.39 is 23.4 Å². The van der Waals surface area contributed by atoms with Crippen LogP contribution in [0.3, 0.4) is 0 Å². The van der Waals surface area contributed by atoms with Crippen LogP contribution >= 0.6 is 0 Å². The lowest BCUT2D eigenvalue weighted by Crippen LogP contribution is -2.35. The number of halogens is 3. The highest BCUT2D eigenvalue weighted by Crippen LogP contribution is 2.34. The molecule has 31 heavy (non-hydrogen) atoms. The Morgan fingerprint density at radius 2 is 2.00 bits per heavy atom. The molecule has 0 aliphatic carbocycles. The first-order valence-corrected chi connectivity index (χ1v) is 9.02. The Labute approximate surface area is 175 Å². The summed E-state index contributed by atoms with van der Waals surface area (Å²) >= 11 is 0. The van der Waals surface area contributed by atoms with Gasteiger partial charge in [0.05, 0.1) is 16.9 Å². The summed E-state index contributed by atoms with van der Waals surface area (Å²) in [6.07, 6.45) is -3.99. The number of amides is 1. The number of aromatic amines is 1. The van der Waals surface area contributed by atoms with Crippen LogP contribution in [0.5, 0.6) is 0 Å². The minimum Gasteiger partial charge on any atom is -0.444 e. The highest BCUT2D eigenvalue weighted by atomic mass is 19.4. The van der Waals surface area contributed by atoms with E-state index in [0.717, 1.165) is 12.1 Å². The van der Waals surface area contributed by atoms with Crippen LogP contribution < -0.4 is 16.0 Å². The molecule has 2 aromatic rings. The van der Waals surface area contributed by atoms with Gasteiger partial charge in [-0.2, -0.15) is 23.6 Å². The smallest absolute Gasteiger partial charge is 0.416 e. The Bertz CT molecular complexity index is 960. The lowest BCUT2D eigenvalue weighted by molar-refractivity contribution is -0.137. The minimum atomic E-state index is -4.55. The van der Waals surface area contributed by atoms with Crippen LogP contribution in [0.15, 0.2) is 24.4 Å². The number of nitriles is 1. The predicted molar refractivity (Wildman–Crippen MR) is 106 cm³/mol. The fraction of sp³-hybridized carbons (Fsp3) is 0.389. The van der Waals surface area contributed by atoms with E-state index in [1.807, 2.05) is 6.07 Å². The first-order chi connectivity index (χ1) is 14.5. The van der Waals surface area contributed by atoms with Crippen LogP contribution in [0.4, 0.5) is 29.3 Å². The highest BCUT2D eigenvalue weighted by molar-refractivity contribution is 5.77. The highest BCUT2D eigenvalue weighted by Gasteiger charge is 2.31. The average molecular weight is 438 g/mol. The molecule has 0 aliphatic rings. The largest absolute Gasteiger partial charge is 0.444 e. The van der Waals surface area contributed by atoms with Gasteiger partial charge in [-0.3, -0.25) is 0 Å². The summed E-state index contributed by atoms with van der Waals surface area (Å²) in [5, 5.41) is 30.2. The normalized spacial score (nSPS) is 12.1. The number of benzene rings is 1. The van der Waals surface area contributed by atoms with Gasteiger partial charge in [-0.1, -0.05) is 0 Å². The number of H-pyrrole nitrogens is 1. The van der Waals surface area contributed by atoms with Gasteiger partial charge in [0.15, 0.2) is 0 Å². The van der Waals surface area contributed by atoms with E-state index in [1.165, 1.54) is 12.3 Å². The topological polar surface area (TPSA) is 141 Å². The van der Waals surface area contributed by atoms with Crippen LogP contribution in [0.2, 0.25) is 0 Å². The monoisotopic (exact) mass is 438 g/mol. The standard InChI is InChI=1S/C18H21F3N8O2/c1-17(2,3)31-16(30)24-7-6-23-13-5-4-12(18(19,20)21)8-14(13)25-10-11(9-22)15-26-28-29-27-15/h4-5,8,10,23,25H,6-7H2,1-3H3,(H,24,30)(H,26,27,28,29). The van der Waals surface area contributed by atoms with Crippen LogP contribution in [-0.4, -0.2) is 45.4 Å². The van der Waals surface area contributed by atoms with Crippen LogP contribution in [0, 0.1) is 11.3 Å². The number of alkyl carbamates (subject to hydrolysis) is 1. The van der Waals surface area contributed by atoms with Gasteiger partial charge in [-0.25, -0.2) is 4.79 Å². The Morgan fingerprint density at radius 1 is 1.26 bits per heavy atom. The van der Waals surface area contributed by atoms with E-state index in [4.69, 9.17) is 4.74 Å². The summed E-state index contributed by atoms with van der Waals surface area (Å²) < 4.78 is 44.4. The van der Waals surface area contributed by atoms with Crippen molar-refractivity contribution in [1.82, 2.24) is 25.9 Å². The minimum absolute atomic E-state index is 0.0157. The third-order valence-electron chi connectivity index (χ3n) is 3.53. The predicted octanol–water partition coefficient (Wildman–Crippen LogP) is 3.13. The van der Waals surface area contributed by atoms with E-state index in [9.17, 15) is 23.2 Å². The number of hydrogen-bond donors (Lipinski definition) is 4. The van der Waals surface area contributed by atoms with Crippen molar-refractivity contribution < 1.29 is 22.7 Å². The SMILES string of the molecule is CC(C)(C)OC(=O)NCCNc1ccc(C(F)(F)F)cc1NC=C(C#N)c1nn[nH]n1. The molecule has 1 amide bonds. The molecule has 0 saturated carbocycles. The van der Waals surface area contributed by atoms with Gasteiger partial charge in [-0.15, -0.1) is 10.2 Å². The van der Waals surface area contributed by atoms with Gasteiger partial charge >= 0.3 is 12.3 Å². The maximum absolute atomic E-state index is 13.1. The first-order valence-electron chi connectivity index (χ1n) is 9.02. The van der Waals surface area contributed by atoms with E-state index >= 15 is 0 Å². The van der Waals surface area contributed by atoms with Crippen molar-refractivity contribution in [2.24, 2.45) is 0 Å². The Hall–Kier alpha value is -3.82. The number of hydrogen-bond acceptors (Lipinski definition) is 8. The molecular weight excluding hydrogens is 417 g/mol. The molecule has 1 aromatic heterocycles. The van der Waals surface area contributed by atoms with Crippen LogP contribution in [0.25, 0.3) is 5.57 Å². The molecule has 0 fully saturated rings. The second-order valence-corrected chi connectivity index (χ2v) is 7.16. The summed E-state index contributed by atoms with van der Waals surface area (Å²) in [7, 11) is 0. The third-order valence-corrected chi connectivity index (χ3v) is 3.53. The molecule has 10 nitrogen and oxygen atoms in total. The molecule has 0 bridgehead atoms. The Balaban J connectivity index is 2.12. The second-order valence-electron chi connectivity index (χ2n) is 7.16. The van der Waals surface area contributed by atoms with Crippen LogP contribution in [0.1, 0.15) is 32.2 Å². The zero-order valence-electron chi connectivity index (χ0n) is 17.0. The zero-order chi connectivity index (χ0) is 23.1. The number of nitrogens with zero attached hydrogens (tertiary/aromatic N) is 4. The van der Waals surface area contributed by atoms with Crippen molar-refractivity contribution in [1.29, 1.82) is 5.26 Å². The molecule has 1 aromatic carbocycles. The number of alkyl halides is 3. The van der Waals surface area contributed by atoms with Gasteiger partial charge in [0.1, 0.15) is 17.2 Å². The zero-order valence-corrected chi connectivity index (χ0v) is 17.0. The number of ether oxygens (including phenoxy) is 1. The van der Waals surface area contributed by atoms with Gasteiger partial charge < -0.3 is 20.7 Å². The number of tetrazole rings is 1. The van der Waals surface area contributed by atoms with Gasteiger partial charge in [0.25, 0.3) is 0 Å². The fourth-order valence-corrected chi connectivity index (χ4v) is 2.24. The van der Waals surface area contributed by atoms with Crippen molar-refractivity contribution in [2.75, 3.05) is 23.7 Å². The van der Waals surface area contributed by atoms with E-state index in [0.29, 0.717) is 5.69 Å². The molecule has 0 radical (unpaired) electrons. The molecule has 2 rings (SSSR count). The van der Waals surface area contributed by atoms with Gasteiger partial charge in [0, 0.05) is 19.3 Å². The molecule has 0 aliphatic heterocycles. The molecular formula is C18H21F3N8O2. The van der Waals surface area contributed by atoms with Crippen molar-refractivity contribution >= 4 is 23.0 Å². The third kappa shape index (κ3) is 7.50. The number of carbonyl (C=O) groups excluding carboxylic acids is 1. The van der Waals surface area contributed by atoms with Crippen molar-refractivity contribution in [3.8, 4) is 6.07 Å². The number of aromatic nitrogens is 4. The molecule has 0 saturated heterocycles. The van der Waals surface area contributed by atoms with Crippen molar-refractivity contribution in [2.45, 2.75) is 32.5 Å². The lowest BCUT2D eigenvalue weighted by atomic mass is 10.1. The first kappa shape index (κ1) is 23.5. The summed E-state index contributed by atoms with van der Waals surface area (Å²) in [4.78, 5) is 11.7. The number of rotatable bonds is 7. The quantitative estimate of drug-likeness (QED) is 0.382. The molecule has 1 heterocycles. The van der Waals surface area contributed by atoms with Crippen LogP contribution in [-0.2, 0) is 10.9 Å². The van der Waals surface area contributed by atoms with E-state index in [-0.39, 0.29) is 30.2 Å². The maximum atomic E-state index is 13.1. The van der Waals surface area contributed by atoms with Crippen molar-refractivity contribution in [3.63, 3.8) is 0 Å². The average Bonchev–Trinajstić information content (AvgIpc) is 3.18. The van der Waals surface area contributed by atoms with Gasteiger partial charge in [0.2, 0.25) is 5.82 Å². The molecule has 0 atom stereocenters. The van der Waals surface area contributed by atoms with Gasteiger partial charge in [-0.05, 0) is 44.2 Å². The summed E-state index contributed by atoms with van der Waals surface area (Å²) in [5.41, 5.74) is -1.18. The Morgan fingerprint density at radius 3 is 2.58 bits per heavy atom. The van der Waals surface area contributed by atoms with Crippen molar-refractivity contribution in [3.05, 3.63) is 35.8 Å². The second kappa shape index (κ2) is 9.79. The lowest BCUT2D eigenvalue weighted by Gasteiger charge is -2.20. The number of allylic oxidation sites excluding steroid dienone is 1. The number of nitrogens with one attached hydrogen (secondary N) is 4. The van der Waals surface area contributed by atoms with E-state index in [2.05, 4.69) is 36.6 Å². The maximum Gasteiger partial charge on any atom is 0.416 e. The number of anilines is 2.